The first-order valence-electron chi connectivity index (χ1n) is 15.7. The van der Waals surface area contributed by atoms with Crippen LogP contribution in [0.2, 0.25) is 0 Å². The summed E-state index contributed by atoms with van der Waals surface area (Å²) < 4.78 is 84.3. The van der Waals surface area contributed by atoms with Gasteiger partial charge in [-0.2, -0.15) is 29.9 Å². The minimum atomic E-state index is -5.14. The van der Waals surface area contributed by atoms with Crippen molar-refractivity contribution < 1.29 is 115 Å². The van der Waals surface area contributed by atoms with Gasteiger partial charge in [-0.25, -0.2) is 16.8 Å². The number of aliphatic hydroxyl groups is 4. The molecule has 0 radical (unpaired) electrons. The summed E-state index contributed by atoms with van der Waals surface area (Å²) in [6, 6.07) is 6.94. The summed E-state index contributed by atoms with van der Waals surface area (Å²) >= 11 is 0. The van der Waals surface area contributed by atoms with Gasteiger partial charge in [-0.1, -0.05) is 24.3 Å². The predicted octanol–water partition coefficient (Wildman–Crippen LogP) is -6.87. The molecule has 0 unspecified atom stereocenters. The minimum absolute atomic E-state index is 0. The maximum atomic E-state index is 12.3. The number of aliphatic hydroxyl groups excluding tert-OH is 4. The summed E-state index contributed by atoms with van der Waals surface area (Å²) in [6.07, 6.45) is 2.27. The number of nitrogens with one attached hydrogen (secondary N) is 2. The minimum Gasteiger partial charge on any atom is -0.744 e. The fraction of sp³-hybridized carbons (Fsp3) is 0.333. The number of hydrogen-bond acceptors (Lipinski definition) is 22. The van der Waals surface area contributed by atoms with Gasteiger partial charge in [0.15, 0.2) is 0 Å². The maximum absolute atomic E-state index is 12.3. The number of methoxy groups -OCH3 is 2. The third-order valence-electron chi connectivity index (χ3n) is 7.14. The second-order valence-corrected chi connectivity index (χ2v) is 13.5. The van der Waals surface area contributed by atoms with Crippen molar-refractivity contribution in [1.82, 2.24) is 29.9 Å². The van der Waals surface area contributed by atoms with Crippen LogP contribution in [0.15, 0.2) is 46.2 Å². The van der Waals surface area contributed by atoms with Gasteiger partial charge in [0.1, 0.15) is 20.2 Å². The van der Waals surface area contributed by atoms with E-state index in [0.717, 1.165) is 24.3 Å². The number of hydrogen-bond donors (Lipinski definition) is 6. The molecule has 0 spiro atoms. The summed E-state index contributed by atoms with van der Waals surface area (Å²) in [6.45, 7) is -0.878. The standard InChI is InChI=1S/C30H38N10O12S2.2Na/c1-51-29-35-25(33-27(37-29)39(9-13-41)10-14-42)31-21-7-5-19(23(17-21)53(45,46)47)3-4-20-6-8-22(18-24(20)54(48,49)50)32-26-34-28(38-30(36-26)52-2)40(11-15-43)12-16-44;;/h3-8,17-18,41-44H,9-16H2,1-2H3,(H,45,46,47)(H,48,49,50)(H,31,33,35,37)(H,32,34,36,38);;/q;2*+1/p-2/b4-3+;;. The number of anilines is 6. The summed E-state index contributed by atoms with van der Waals surface area (Å²) in [7, 11) is -7.69. The Balaban J connectivity index is 0.00000541. The third kappa shape index (κ3) is 13.7. The monoisotopic (exact) mass is 838 g/mol. The zero-order chi connectivity index (χ0) is 39.5. The zero-order valence-electron chi connectivity index (χ0n) is 30.7. The number of ether oxygens (including phenoxy) is 2. The van der Waals surface area contributed by atoms with E-state index < -0.39 is 30.0 Å². The normalized spacial score (nSPS) is 11.4. The molecule has 0 bridgehead atoms. The molecule has 0 amide bonds. The number of benzene rings is 2. The van der Waals surface area contributed by atoms with Crippen LogP contribution in [0.1, 0.15) is 11.1 Å². The van der Waals surface area contributed by atoms with Crippen molar-refractivity contribution in [2.45, 2.75) is 9.79 Å². The van der Waals surface area contributed by atoms with Gasteiger partial charge in [-0.3, -0.25) is 0 Å². The average Bonchev–Trinajstić information content (AvgIpc) is 3.13. The van der Waals surface area contributed by atoms with E-state index in [-0.39, 0.29) is 170 Å². The molecule has 26 heteroatoms. The van der Waals surface area contributed by atoms with Gasteiger partial charge >= 0.3 is 71.1 Å². The molecule has 292 valence electrons. The molecular weight excluding hydrogens is 803 g/mol. The van der Waals surface area contributed by atoms with E-state index in [0.29, 0.717) is 0 Å². The Morgan fingerprint density at radius 1 is 0.607 bits per heavy atom. The molecule has 0 atom stereocenters. The Morgan fingerprint density at radius 3 is 1.23 bits per heavy atom. The summed E-state index contributed by atoms with van der Waals surface area (Å²) in [5.41, 5.74) is -0.219. The molecule has 2 aromatic carbocycles. The molecule has 4 rings (SSSR count). The molecule has 2 aromatic heterocycles. The van der Waals surface area contributed by atoms with Gasteiger partial charge < -0.3 is 59.4 Å². The Bertz CT molecular complexity index is 2010. The van der Waals surface area contributed by atoms with E-state index in [4.69, 9.17) is 9.47 Å². The van der Waals surface area contributed by atoms with E-state index in [2.05, 4.69) is 40.5 Å². The Kier molecular flexibility index (Phi) is 19.7. The van der Waals surface area contributed by atoms with Crippen LogP contribution in [-0.2, 0) is 20.2 Å². The number of nitrogens with zero attached hydrogens (tertiary/aromatic N) is 8. The van der Waals surface area contributed by atoms with Gasteiger partial charge in [0.05, 0.1) is 50.4 Å². The summed E-state index contributed by atoms with van der Waals surface area (Å²) in [4.78, 5) is 26.2. The van der Waals surface area contributed by atoms with Crippen LogP contribution in [0, 0.1) is 0 Å². The van der Waals surface area contributed by atoms with E-state index >= 15 is 0 Å². The molecule has 6 N–H and O–H groups in total. The molecule has 0 saturated heterocycles. The quantitative estimate of drug-likeness (QED) is 0.0274. The van der Waals surface area contributed by atoms with Crippen molar-refractivity contribution in [1.29, 1.82) is 0 Å². The van der Waals surface area contributed by atoms with Gasteiger partial charge in [0, 0.05) is 37.6 Å². The van der Waals surface area contributed by atoms with Crippen LogP contribution in [0.3, 0.4) is 0 Å². The number of aromatic nitrogens is 6. The molecule has 0 saturated carbocycles. The SMILES string of the molecule is COc1nc(Nc2ccc(/C=C/c3ccc(Nc4nc(OC)nc(N(CCO)CCO)n4)cc3S(=O)(=O)[O-])c(S(=O)(=O)[O-])c2)nc(N(CCO)CCO)n1.[Na+].[Na+]. The van der Waals surface area contributed by atoms with Crippen molar-refractivity contribution >= 4 is 67.6 Å². The molecule has 4 aromatic rings. The summed E-state index contributed by atoms with van der Waals surface area (Å²) in [5, 5.41) is 43.1. The van der Waals surface area contributed by atoms with Crippen molar-refractivity contribution in [2.24, 2.45) is 0 Å². The van der Waals surface area contributed by atoms with Gasteiger partial charge in [0.2, 0.25) is 23.8 Å². The van der Waals surface area contributed by atoms with Gasteiger partial charge in [-0.05, 0) is 35.4 Å². The van der Waals surface area contributed by atoms with E-state index in [1.807, 2.05) is 0 Å². The molecular formula is C30H36N10Na2O12S2. The molecule has 2 heterocycles. The first-order valence-corrected chi connectivity index (χ1v) is 18.5. The van der Waals surface area contributed by atoms with Crippen LogP contribution in [-0.4, -0.2) is 143 Å². The fourth-order valence-corrected chi connectivity index (χ4v) is 6.14. The fourth-order valence-electron chi connectivity index (χ4n) is 4.75. The topological polar surface area (TPSA) is 322 Å². The first-order chi connectivity index (χ1) is 25.7. The van der Waals surface area contributed by atoms with E-state index in [9.17, 15) is 46.4 Å². The smallest absolute Gasteiger partial charge is 0.744 e. The molecule has 0 fully saturated rings. The van der Waals surface area contributed by atoms with Gasteiger partial charge in [-0.15, -0.1) is 0 Å². The second-order valence-electron chi connectivity index (χ2n) is 10.8. The number of rotatable bonds is 20. The van der Waals surface area contributed by atoms with Crippen LogP contribution in [0.5, 0.6) is 12.0 Å². The first kappa shape index (κ1) is 48.8. The zero-order valence-corrected chi connectivity index (χ0v) is 36.4. The molecule has 56 heavy (non-hydrogen) atoms. The Morgan fingerprint density at radius 2 is 0.946 bits per heavy atom. The Labute approximate surface area is 366 Å². The van der Waals surface area contributed by atoms with E-state index in [1.54, 1.807) is 0 Å². The van der Waals surface area contributed by atoms with Crippen molar-refractivity contribution in [3.8, 4) is 12.0 Å². The maximum Gasteiger partial charge on any atom is 1.00 e. The van der Waals surface area contributed by atoms with Crippen molar-refractivity contribution in [3.63, 3.8) is 0 Å². The third-order valence-corrected chi connectivity index (χ3v) is 8.92. The van der Waals surface area contributed by atoms with Crippen molar-refractivity contribution in [2.75, 3.05) is 87.3 Å². The van der Waals surface area contributed by atoms with Crippen LogP contribution in [0.25, 0.3) is 12.2 Å². The van der Waals surface area contributed by atoms with Crippen LogP contribution in [0.4, 0.5) is 35.2 Å². The molecule has 22 nitrogen and oxygen atoms in total. The van der Waals surface area contributed by atoms with Crippen molar-refractivity contribution in [3.05, 3.63) is 47.5 Å². The van der Waals surface area contributed by atoms with E-state index in [1.165, 1.54) is 48.3 Å². The average molecular weight is 839 g/mol. The van der Waals surface area contributed by atoms with Crippen LogP contribution < -0.4 is 89.0 Å². The molecule has 0 aliphatic rings. The largest absolute Gasteiger partial charge is 1.00 e. The molecule has 0 aliphatic carbocycles. The second kappa shape index (κ2) is 22.6. The van der Waals surface area contributed by atoms with Crippen LogP contribution >= 0.6 is 0 Å². The van der Waals surface area contributed by atoms with Gasteiger partial charge in [0.25, 0.3) is 0 Å². The Hall–Kier alpha value is -3.34. The molecule has 0 aliphatic heterocycles. The summed E-state index contributed by atoms with van der Waals surface area (Å²) in [5.74, 6) is -0.216. The predicted molar refractivity (Wildman–Crippen MR) is 190 cm³/mol.